The molecule has 21 heavy (non-hydrogen) atoms. The van der Waals surface area contributed by atoms with E-state index in [4.69, 9.17) is 5.11 Å². The van der Waals surface area contributed by atoms with Crippen LogP contribution in [0.1, 0.15) is 24.2 Å². The van der Waals surface area contributed by atoms with Crippen LogP contribution in [0.25, 0.3) is 0 Å². The first-order valence-corrected chi connectivity index (χ1v) is 8.69. The van der Waals surface area contributed by atoms with E-state index in [2.05, 4.69) is 14.7 Å². The van der Waals surface area contributed by atoms with Gasteiger partial charge in [-0.25, -0.2) is 13.1 Å². The zero-order valence-corrected chi connectivity index (χ0v) is 13.7. The molecule has 0 saturated carbocycles. The van der Waals surface area contributed by atoms with E-state index in [1.54, 1.807) is 18.5 Å². The summed E-state index contributed by atoms with van der Waals surface area (Å²) >= 11 is 0. The molecule has 2 rings (SSSR count). The standard InChI is InChI=1S/C13H24N4O3S/c1-10-13(11(2)17(14-10)8-9-18)21(19,20)15-12-4-6-16(3)7-5-12/h12,15,18H,4-9H2,1-3H3. The van der Waals surface area contributed by atoms with Crippen molar-refractivity contribution < 1.29 is 13.5 Å². The van der Waals surface area contributed by atoms with Gasteiger partial charge in [-0.3, -0.25) is 4.68 Å². The summed E-state index contributed by atoms with van der Waals surface area (Å²) in [5, 5.41) is 13.2. The van der Waals surface area contributed by atoms with Gasteiger partial charge in [0, 0.05) is 6.04 Å². The lowest BCUT2D eigenvalue weighted by molar-refractivity contribution is 0.248. The third-order valence-corrected chi connectivity index (χ3v) is 5.71. The first kappa shape index (κ1) is 16.4. The van der Waals surface area contributed by atoms with Gasteiger partial charge >= 0.3 is 0 Å². The number of nitrogens with zero attached hydrogens (tertiary/aromatic N) is 3. The summed E-state index contributed by atoms with van der Waals surface area (Å²) in [5.74, 6) is 0. The molecule has 0 unspecified atom stereocenters. The van der Waals surface area contributed by atoms with E-state index in [9.17, 15) is 8.42 Å². The van der Waals surface area contributed by atoms with Crippen LogP contribution in [0.5, 0.6) is 0 Å². The summed E-state index contributed by atoms with van der Waals surface area (Å²) in [6, 6.07) is -0.0220. The predicted octanol–water partition coefficient (Wildman–Crippen LogP) is -0.135. The summed E-state index contributed by atoms with van der Waals surface area (Å²) in [4.78, 5) is 2.44. The highest BCUT2D eigenvalue weighted by Crippen LogP contribution is 2.21. The quantitative estimate of drug-likeness (QED) is 0.790. The fraction of sp³-hybridized carbons (Fsp3) is 0.769. The molecule has 1 aromatic heterocycles. The minimum absolute atomic E-state index is 0.0220. The smallest absolute Gasteiger partial charge is 0.244 e. The van der Waals surface area contributed by atoms with Gasteiger partial charge in [-0.15, -0.1) is 0 Å². The van der Waals surface area contributed by atoms with Crippen molar-refractivity contribution >= 4 is 10.0 Å². The minimum Gasteiger partial charge on any atom is -0.394 e. The van der Waals surface area contributed by atoms with E-state index < -0.39 is 10.0 Å². The lowest BCUT2D eigenvalue weighted by Crippen LogP contribution is -2.43. The molecule has 0 amide bonds. The normalized spacial score (nSPS) is 18.3. The number of hydrogen-bond donors (Lipinski definition) is 2. The number of aliphatic hydroxyl groups is 1. The van der Waals surface area contributed by atoms with Crippen molar-refractivity contribution in [3.8, 4) is 0 Å². The second-order valence-corrected chi connectivity index (χ2v) is 7.30. The van der Waals surface area contributed by atoms with Gasteiger partial charge < -0.3 is 10.0 Å². The van der Waals surface area contributed by atoms with Gasteiger partial charge in [0.05, 0.1) is 24.5 Å². The van der Waals surface area contributed by atoms with Crippen LogP contribution >= 0.6 is 0 Å². The summed E-state index contributed by atoms with van der Waals surface area (Å²) in [6.07, 6.45) is 1.64. The minimum atomic E-state index is -3.57. The molecule has 120 valence electrons. The van der Waals surface area contributed by atoms with Gasteiger partial charge in [-0.2, -0.15) is 5.10 Å². The van der Waals surface area contributed by atoms with Crippen molar-refractivity contribution in [2.75, 3.05) is 26.7 Å². The van der Waals surface area contributed by atoms with Crippen LogP contribution < -0.4 is 4.72 Å². The Morgan fingerprint density at radius 3 is 2.52 bits per heavy atom. The molecule has 2 N–H and O–H groups in total. The van der Waals surface area contributed by atoms with E-state index in [1.807, 2.05) is 7.05 Å². The lowest BCUT2D eigenvalue weighted by atomic mass is 10.1. The SMILES string of the molecule is Cc1nn(CCO)c(C)c1S(=O)(=O)NC1CCN(C)CC1. The summed E-state index contributed by atoms with van der Waals surface area (Å²) in [6.45, 7) is 5.44. The number of aromatic nitrogens is 2. The van der Waals surface area contributed by atoms with Crippen molar-refractivity contribution in [3.05, 3.63) is 11.4 Å². The van der Waals surface area contributed by atoms with Gasteiger partial charge in [-0.05, 0) is 46.8 Å². The van der Waals surface area contributed by atoms with E-state index in [0.717, 1.165) is 25.9 Å². The van der Waals surface area contributed by atoms with Crippen molar-refractivity contribution in [1.82, 2.24) is 19.4 Å². The molecule has 8 heteroatoms. The van der Waals surface area contributed by atoms with Crippen LogP contribution in [0.4, 0.5) is 0 Å². The maximum absolute atomic E-state index is 12.6. The molecule has 0 bridgehead atoms. The summed E-state index contributed by atoms with van der Waals surface area (Å²) in [7, 11) is -1.53. The molecule has 1 aromatic rings. The highest BCUT2D eigenvalue weighted by molar-refractivity contribution is 7.89. The van der Waals surface area contributed by atoms with Crippen LogP contribution in [0.15, 0.2) is 4.90 Å². The fourth-order valence-corrected chi connectivity index (χ4v) is 4.50. The van der Waals surface area contributed by atoms with Crippen molar-refractivity contribution in [3.63, 3.8) is 0 Å². The molecule has 1 saturated heterocycles. The van der Waals surface area contributed by atoms with Crippen molar-refractivity contribution in [2.24, 2.45) is 0 Å². The largest absolute Gasteiger partial charge is 0.394 e. The lowest BCUT2D eigenvalue weighted by Gasteiger charge is -2.29. The number of hydrogen-bond acceptors (Lipinski definition) is 5. The van der Waals surface area contributed by atoms with Gasteiger partial charge in [0.2, 0.25) is 10.0 Å². The molecular formula is C13H24N4O3S. The molecule has 1 aliphatic heterocycles. The van der Waals surface area contributed by atoms with E-state index >= 15 is 0 Å². The van der Waals surface area contributed by atoms with E-state index in [1.165, 1.54) is 0 Å². The topological polar surface area (TPSA) is 87.5 Å². The Kier molecular flexibility index (Phi) is 5.03. The van der Waals surface area contributed by atoms with E-state index in [0.29, 0.717) is 17.9 Å². The fourth-order valence-electron chi connectivity index (χ4n) is 2.79. The third-order valence-electron chi connectivity index (χ3n) is 3.94. The van der Waals surface area contributed by atoms with Gasteiger partial charge in [0.25, 0.3) is 0 Å². The Balaban J connectivity index is 2.19. The number of piperidine rings is 1. The molecule has 7 nitrogen and oxygen atoms in total. The highest BCUT2D eigenvalue weighted by atomic mass is 32.2. The highest BCUT2D eigenvalue weighted by Gasteiger charge is 2.28. The molecule has 0 atom stereocenters. The Morgan fingerprint density at radius 2 is 1.95 bits per heavy atom. The number of rotatable bonds is 5. The van der Waals surface area contributed by atoms with Gasteiger partial charge in [-0.1, -0.05) is 0 Å². The van der Waals surface area contributed by atoms with Crippen LogP contribution in [0, 0.1) is 13.8 Å². The third kappa shape index (κ3) is 3.63. The second kappa shape index (κ2) is 6.43. The summed E-state index contributed by atoms with van der Waals surface area (Å²) in [5.41, 5.74) is 1.04. The average Bonchev–Trinajstić information content (AvgIpc) is 2.68. The van der Waals surface area contributed by atoms with Crippen LogP contribution in [0.3, 0.4) is 0 Å². The Morgan fingerprint density at radius 1 is 1.33 bits per heavy atom. The molecule has 0 spiro atoms. The van der Waals surface area contributed by atoms with Gasteiger partial charge in [0.1, 0.15) is 4.90 Å². The molecule has 2 heterocycles. The molecular weight excluding hydrogens is 292 g/mol. The summed E-state index contributed by atoms with van der Waals surface area (Å²) < 4.78 is 29.5. The molecule has 0 aliphatic carbocycles. The monoisotopic (exact) mass is 316 g/mol. The van der Waals surface area contributed by atoms with Crippen LogP contribution in [-0.4, -0.2) is 61.0 Å². The average molecular weight is 316 g/mol. The zero-order chi connectivity index (χ0) is 15.6. The Labute approximate surface area is 126 Å². The maximum atomic E-state index is 12.6. The first-order valence-electron chi connectivity index (χ1n) is 7.21. The number of aliphatic hydroxyl groups excluding tert-OH is 1. The Bertz CT molecular complexity index is 589. The first-order chi connectivity index (χ1) is 9.85. The second-order valence-electron chi connectivity index (χ2n) is 5.65. The predicted molar refractivity (Wildman–Crippen MR) is 79.6 cm³/mol. The maximum Gasteiger partial charge on any atom is 0.244 e. The van der Waals surface area contributed by atoms with E-state index in [-0.39, 0.29) is 17.5 Å². The number of nitrogens with one attached hydrogen (secondary N) is 1. The van der Waals surface area contributed by atoms with Crippen LogP contribution in [-0.2, 0) is 16.6 Å². The molecule has 1 fully saturated rings. The van der Waals surface area contributed by atoms with Crippen molar-refractivity contribution in [2.45, 2.75) is 44.2 Å². The number of sulfonamides is 1. The van der Waals surface area contributed by atoms with Crippen molar-refractivity contribution in [1.29, 1.82) is 0 Å². The molecule has 0 radical (unpaired) electrons. The van der Waals surface area contributed by atoms with Crippen LogP contribution in [0.2, 0.25) is 0 Å². The zero-order valence-electron chi connectivity index (χ0n) is 12.8. The van der Waals surface area contributed by atoms with Gasteiger partial charge in [0.15, 0.2) is 0 Å². The Hall–Kier alpha value is -0.960. The molecule has 1 aliphatic rings. The number of likely N-dealkylation sites (tertiary alicyclic amines) is 1. The molecule has 0 aromatic carbocycles. The number of aryl methyl sites for hydroxylation is 1.